The van der Waals surface area contributed by atoms with Gasteiger partial charge in [-0.1, -0.05) is 53.2 Å². The molecule has 0 saturated heterocycles. The zero-order chi connectivity index (χ0) is 22.4. The zero-order valence-corrected chi connectivity index (χ0v) is 18.8. The topological polar surface area (TPSA) is 69.0 Å². The van der Waals surface area contributed by atoms with Gasteiger partial charge in [0.25, 0.3) is 0 Å². The van der Waals surface area contributed by atoms with Gasteiger partial charge >= 0.3 is 0 Å². The van der Waals surface area contributed by atoms with Gasteiger partial charge < -0.3 is 10.1 Å². The Bertz CT molecular complexity index is 1090. The van der Waals surface area contributed by atoms with E-state index in [0.29, 0.717) is 33.3 Å². The highest BCUT2D eigenvalue weighted by molar-refractivity contribution is 7.99. The number of anilines is 1. The number of amides is 1. The highest BCUT2D eigenvalue weighted by Gasteiger charge is 2.21. The van der Waals surface area contributed by atoms with Gasteiger partial charge in [-0.2, -0.15) is 0 Å². The Balaban J connectivity index is 1.70. The first-order chi connectivity index (χ1) is 14.9. The lowest BCUT2D eigenvalue weighted by atomic mass is 10.3. The van der Waals surface area contributed by atoms with Gasteiger partial charge in [0.2, 0.25) is 5.91 Å². The first kappa shape index (κ1) is 23.1. The third-order valence-corrected chi connectivity index (χ3v) is 5.61. The van der Waals surface area contributed by atoms with Crippen LogP contribution in [0.15, 0.2) is 60.3 Å². The summed E-state index contributed by atoms with van der Waals surface area (Å²) in [5.74, 6) is 0.128. The van der Waals surface area contributed by atoms with E-state index in [1.165, 1.54) is 23.9 Å². The van der Waals surface area contributed by atoms with E-state index in [1.807, 2.05) is 0 Å². The van der Waals surface area contributed by atoms with E-state index in [2.05, 4.69) is 22.1 Å². The molecule has 1 aromatic heterocycles. The number of hydrogen-bond acceptors (Lipinski definition) is 5. The van der Waals surface area contributed by atoms with Crippen LogP contribution in [0.4, 0.5) is 10.1 Å². The van der Waals surface area contributed by atoms with Crippen LogP contribution in [0.25, 0.3) is 0 Å². The molecule has 0 spiro atoms. The monoisotopic (exact) mass is 480 g/mol. The molecule has 0 bridgehead atoms. The molecule has 1 amide bonds. The van der Waals surface area contributed by atoms with Gasteiger partial charge in [0, 0.05) is 17.6 Å². The number of allylic oxidation sites excluding steroid dienone is 1. The summed E-state index contributed by atoms with van der Waals surface area (Å²) in [6.45, 7) is 5.98. The molecule has 0 aliphatic rings. The van der Waals surface area contributed by atoms with Crippen molar-refractivity contribution in [3.63, 3.8) is 0 Å². The summed E-state index contributed by atoms with van der Waals surface area (Å²) in [5, 5.41) is 12.3. The summed E-state index contributed by atoms with van der Waals surface area (Å²) in [7, 11) is 0. The fourth-order valence-corrected chi connectivity index (χ4v) is 3.78. The Morgan fingerprint density at radius 3 is 2.84 bits per heavy atom. The smallest absolute Gasteiger partial charge is 0.234 e. The van der Waals surface area contributed by atoms with Crippen molar-refractivity contribution < 1.29 is 13.9 Å². The molecule has 0 radical (unpaired) electrons. The number of thioether (sulfide) groups is 1. The molecule has 0 saturated carbocycles. The highest BCUT2D eigenvalue weighted by atomic mass is 35.5. The number of aromatic nitrogens is 3. The number of ether oxygens (including phenoxy) is 1. The third kappa shape index (κ3) is 6.00. The Kier molecular flexibility index (Phi) is 7.95. The summed E-state index contributed by atoms with van der Waals surface area (Å²) in [6, 6.07) is 10.9. The molecule has 0 aliphatic heterocycles. The maximum atomic E-state index is 13.7. The van der Waals surface area contributed by atoms with Crippen molar-refractivity contribution in [3.8, 4) is 5.75 Å². The summed E-state index contributed by atoms with van der Waals surface area (Å²) >= 11 is 13.4. The molecule has 1 heterocycles. The summed E-state index contributed by atoms with van der Waals surface area (Å²) in [5.41, 5.74) is 0.127. The molecule has 162 valence electrons. The van der Waals surface area contributed by atoms with Crippen molar-refractivity contribution >= 4 is 46.6 Å². The number of nitrogens with one attached hydrogen (secondary N) is 1. The van der Waals surface area contributed by atoms with Crippen molar-refractivity contribution in [3.05, 3.63) is 76.8 Å². The second-order valence-electron chi connectivity index (χ2n) is 6.39. The summed E-state index contributed by atoms with van der Waals surface area (Å²) in [4.78, 5) is 12.2. The fourth-order valence-electron chi connectivity index (χ4n) is 2.70. The van der Waals surface area contributed by atoms with Crippen molar-refractivity contribution in [1.82, 2.24) is 14.8 Å². The number of halogens is 3. The minimum absolute atomic E-state index is 0.0268. The Labute approximate surface area is 193 Å². The van der Waals surface area contributed by atoms with Gasteiger partial charge in [-0.15, -0.1) is 16.8 Å². The van der Waals surface area contributed by atoms with Gasteiger partial charge in [-0.25, -0.2) is 4.39 Å². The van der Waals surface area contributed by atoms with Gasteiger partial charge in [-0.05, 0) is 31.2 Å². The van der Waals surface area contributed by atoms with Crippen LogP contribution < -0.4 is 10.1 Å². The lowest BCUT2D eigenvalue weighted by Gasteiger charge is -2.16. The number of para-hydroxylation sites is 1. The summed E-state index contributed by atoms with van der Waals surface area (Å²) < 4.78 is 21.4. The fraction of sp³-hybridized carbons (Fsp3) is 0.190. The molecule has 6 nitrogen and oxygen atoms in total. The molecule has 3 aromatic rings. The second-order valence-corrected chi connectivity index (χ2v) is 8.18. The molecule has 1 atom stereocenters. The van der Waals surface area contributed by atoms with Crippen LogP contribution in [-0.2, 0) is 11.3 Å². The number of benzene rings is 2. The van der Waals surface area contributed by atoms with Crippen LogP contribution in [-0.4, -0.2) is 26.4 Å². The van der Waals surface area contributed by atoms with E-state index in [-0.39, 0.29) is 17.3 Å². The Morgan fingerprint density at radius 2 is 2.10 bits per heavy atom. The van der Waals surface area contributed by atoms with Crippen molar-refractivity contribution in [2.45, 2.75) is 24.7 Å². The molecule has 1 unspecified atom stereocenters. The molecule has 31 heavy (non-hydrogen) atoms. The maximum Gasteiger partial charge on any atom is 0.234 e. The van der Waals surface area contributed by atoms with Gasteiger partial charge in [0.05, 0.1) is 16.5 Å². The molecule has 2 aromatic carbocycles. The Morgan fingerprint density at radius 1 is 1.32 bits per heavy atom. The molecule has 0 aliphatic carbocycles. The van der Waals surface area contributed by atoms with Crippen LogP contribution >= 0.6 is 35.0 Å². The number of carbonyl (C=O) groups is 1. The zero-order valence-electron chi connectivity index (χ0n) is 16.5. The van der Waals surface area contributed by atoms with Crippen molar-refractivity contribution in [1.29, 1.82) is 0 Å². The first-order valence-electron chi connectivity index (χ1n) is 9.22. The van der Waals surface area contributed by atoms with E-state index in [4.69, 9.17) is 27.9 Å². The number of carbonyl (C=O) groups excluding carboxylic acids is 1. The molecular weight excluding hydrogens is 462 g/mol. The lowest BCUT2D eigenvalue weighted by molar-refractivity contribution is -0.113. The predicted molar refractivity (Wildman–Crippen MR) is 121 cm³/mol. The van der Waals surface area contributed by atoms with Crippen LogP contribution in [0.3, 0.4) is 0 Å². The number of nitrogens with zero attached hydrogens (tertiary/aromatic N) is 3. The molecule has 1 N–H and O–H groups in total. The average Bonchev–Trinajstić information content (AvgIpc) is 3.14. The Hall–Kier alpha value is -2.55. The first-order valence-corrected chi connectivity index (χ1v) is 11.0. The van der Waals surface area contributed by atoms with Crippen LogP contribution in [0.2, 0.25) is 10.0 Å². The van der Waals surface area contributed by atoms with Crippen LogP contribution in [0, 0.1) is 5.82 Å². The maximum absolute atomic E-state index is 13.7. The molecule has 10 heteroatoms. The summed E-state index contributed by atoms with van der Waals surface area (Å²) in [6.07, 6.45) is 1.19. The number of hydrogen-bond donors (Lipinski definition) is 1. The molecule has 3 rings (SSSR count). The van der Waals surface area contributed by atoms with E-state index >= 15 is 0 Å². The van der Waals surface area contributed by atoms with Crippen molar-refractivity contribution in [2.75, 3.05) is 11.1 Å². The van der Waals surface area contributed by atoms with E-state index in [1.54, 1.807) is 47.9 Å². The minimum atomic E-state index is -0.497. The normalized spacial score (nSPS) is 11.7. The molecule has 0 fully saturated rings. The van der Waals surface area contributed by atoms with E-state index in [9.17, 15) is 9.18 Å². The van der Waals surface area contributed by atoms with Gasteiger partial charge in [0.15, 0.2) is 17.1 Å². The average molecular weight is 481 g/mol. The van der Waals surface area contributed by atoms with E-state index < -0.39 is 11.9 Å². The number of rotatable bonds is 9. The largest absolute Gasteiger partial charge is 0.481 e. The van der Waals surface area contributed by atoms with Crippen molar-refractivity contribution in [2.24, 2.45) is 0 Å². The standard InChI is InChI=1S/C21H19Cl2FN4O2S/c1-3-10-28-20(13(2)30-18-11-14(22)8-9-15(18)23)26-27-21(28)31-12-19(29)25-17-7-5-4-6-16(17)24/h3-9,11,13H,1,10,12H2,2H3,(H,25,29). The quantitative estimate of drug-likeness (QED) is 0.310. The third-order valence-electron chi connectivity index (χ3n) is 4.10. The second kappa shape index (κ2) is 10.7. The van der Waals surface area contributed by atoms with Crippen LogP contribution in [0.1, 0.15) is 18.9 Å². The van der Waals surface area contributed by atoms with Gasteiger partial charge in [-0.3, -0.25) is 9.36 Å². The highest BCUT2D eigenvalue weighted by Crippen LogP contribution is 2.32. The van der Waals surface area contributed by atoms with Gasteiger partial charge in [0.1, 0.15) is 11.6 Å². The predicted octanol–water partition coefficient (Wildman–Crippen LogP) is 5.78. The minimum Gasteiger partial charge on any atom is -0.481 e. The lowest BCUT2D eigenvalue weighted by Crippen LogP contribution is -2.16. The van der Waals surface area contributed by atoms with E-state index in [0.717, 1.165) is 0 Å². The van der Waals surface area contributed by atoms with Crippen LogP contribution in [0.5, 0.6) is 5.75 Å². The molecular formula is C21H19Cl2FN4O2S. The SMILES string of the molecule is C=CCn1c(SCC(=O)Nc2ccccc2F)nnc1C(C)Oc1cc(Cl)ccc1Cl.